The highest BCUT2D eigenvalue weighted by Crippen LogP contribution is 2.18. The summed E-state index contributed by atoms with van der Waals surface area (Å²) in [6.07, 6.45) is 3.22. The Morgan fingerprint density at radius 2 is 2.00 bits per heavy atom. The lowest BCUT2D eigenvalue weighted by molar-refractivity contribution is 0.251. The van der Waals surface area contributed by atoms with Gasteiger partial charge in [0.1, 0.15) is 0 Å². The topological polar surface area (TPSA) is 52.6 Å². The van der Waals surface area contributed by atoms with Crippen molar-refractivity contribution in [3.05, 3.63) is 51.5 Å². The molecule has 1 aliphatic heterocycles. The third kappa shape index (κ3) is 7.04. The van der Waals surface area contributed by atoms with Crippen LogP contribution in [-0.2, 0) is 19.4 Å². The molecule has 0 saturated heterocycles. The van der Waals surface area contributed by atoms with Crippen LogP contribution in [0, 0.1) is 6.92 Å². The third-order valence-electron chi connectivity index (χ3n) is 4.72. The fraction of sp³-hybridized carbons (Fsp3) is 0.500. The highest BCUT2D eigenvalue weighted by atomic mass is 127. The maximum Gasteiger partial charge on any atom is 0.190 e. The molecule has 0 saturated carbocycles. The average molecular weight is 499 g/mol. The monoisotopic (exact) mass is 499 g/mol. The zero-order chi connectivity index (χ0) is 18.2. The second-order valence-electron chi connectivity index (χ2n) is 6.68. The lowest BCUT2D eigenvalue weighted by atomic mass is 10.00. The first-order valence-electron chi connectivity index (χ1n) is 9.39. The van der Waals surface area contributed by atoms with Gasteiger partial charge < -0.3 is 10.6 Å². The van der Waals surface area contributed by atoms with Gasteiger partial charge in [0.2, 0.25) is 0 Å². The fourth-order valence-electron chi connectivity index (χ4n) is 3.31. The molecule has 27 heavy (non-hydrogen) atoms. The van der Waals surface area contributed by atoms with Gasteiger partial charge in [0, 0.05) is 51.6 Å². The van der Waals surface area contributed by atoms with Crippen LogP contribution in [0.4, 0.5) is 0 Å². The number of aliphatic imine (C=N–C) groups is 1. The molecule has 1 aromatic carbocycles. The molecule has 7 heteroatoms. The van der Waals surface area contributed by atoms with Crippen molar-refractivity contribution >= 4 is 41.3 Å². The highest BCUT2D eigenvalue weighted by Gasteiger charge is 2.14. The molecule has 0 radical (unpaired) electrons. The predicted octanol–water partition coefficient (Wildman–Crippen LogP) is 3.23. The highest BCUT2D eigenvalue weighted by molar-refractivity contribution is 14.0. The van der Waals surface area contributed by atoms with Gasteiger partial charge in [0.05, 0.1) is 10.7 Å². The third-order valence-corrected chi connectivity index (χ3v) is 5.54. The average Bonchev–Trinajstić information content (AvgIpc) is 3.08. The predicted molar refractivity (Wildman–Crippen MR) is 125 cm³/mol. The van der Waals surface area contributed by atoms with Crippen LogP contribution in [0.5, 0.6) is 0 Å². The van der Waals surface area contributed by atoms with E-state index in [1.807, 2.05) is 14.0 Å². The van der Waals surface area contributed by atoms with E-state index < -0.39 is 0 Å². The molecule has 148 valence electrons. The largest absolute Gasteiger partial charge is 0.356 e. The summed E-state index contributed by atoms with van der Waals surface area (Å²) in [5, 5.41) is 10.0. The first-order chi connectivity index (χ1) is 12.7. The Bertz CT molecular complexity index is 731. The molecule has 0 spiro atoms. The fourth-order valence-corrected chi connectivity index (χ4v) is 3.95. The van der Waals surface area contributed by atoms with Gasteiger partial charge in [-0.3, -0.25) is 9.89 Å². The number of rotatable bonds is 7. The smallest absolute Gasteiger partial charge is 0.190 e. The van der Waals surface area contributed by atoms with Crippen molar-refractivity contribution in [3.8, 4) is 0 Å². The summed E-state index contributed by atoms with van der Waals surface area (Å²) in [7, 11) is 1.82. The van der Waals surface area contributed by atoms with E-state index in [0.29, 0.717) is 0 Å². The van der Waals surface area contributed by atoms with Crippen LogP contribution < -0.4 is 10.6 Å². The number of aryl methyl sites for hydroxylation is 1. The molecule has 0 amide bonds. The Hall–Kier alpha value is -1.19. The van der Waals surface area contributed by atoms with Gasteiger partial charge in [-0.05, 0) is 30.9 Å². The van der Waals surface area contributed by atoms with E-state index in [0.717, 1.165) is 62.2 Å². The van der Waals surface area contributed by atoms with E-state index in [2.05, 4.69) is 55.2 Å². The Morgan fingerprint density at radius 3 is 2.74 bits per heavy atom. The number of nitrogens with one attached hydrogen (secondary N) is 2. The molecule has 2 aromatic rings. The summed E-state index contributed by atoms with van der Waals surface area (Å²) in [6, 6.07) is 8.81. The van der Waals surface area contributed by atoms with Gasteiger partial charge in [0.25, 0.3) is 0 Å². The normalized spacial score (nSPS) is 14.4. The number of nitrogens with zero attached hydrogens (tertiary/aromatic N) is 3. The van der Waals surface area contributed by atoms with Gasteiger partial charge in [-0.1, -0.05) is 24.3 Å². The van der Waals surface area contributed by atoms with Crippen LogP contribution in [0.3, 0.4) is 0 Å². The number of fused-ring (bicyclic) bond motifs is 1. The maximum absolute atomic E-state index is 4.49. The van der Waals surface area contributed by atoms with Gasteiger partial charge in [-0.15, -0.1) is 35.3 Å². The molecule has 0 unspecified atom stereocenters. The van der Waals surface area contributed by atoms with Gasteiger partial charge in [0.15, 0.2) is 5.96 Å². The summed E-state index contributed by atoms with van der Waals surface area (Å²) < 4.78 is 0. The zero-order valence-corrected chi connectivity index (χ0v) is 19.3. The molecular weight excluding hydrogens is 469 g/mol. The summed E-state index contributed by atoms with van der Waals surface area (Å²) >= 11 is 1.71. The number of hydrogen-bond donors (Lipinski definition) is 2. The number of hydrogen-bond acceptors (Lipinski definition) is 4. The Kier molecular flexibility index (Phi) is 9.50. The summed E-state index contributed by atoms with van der Waals surface area (Å²) in [4.78, 5) is 11.3. The van der Waals surface area contributed by atoms with Crippen LogP contribution in [0.25, 0.3) is 0 Å². The van der Waals surface area contributed by atoms with E-state index >= 15 is 0 Å². The summed E-state index contributed by atoms with van der Waals surface area (Å²) in [6.45, 7) is 7.20. The minimum Gasteiger partial charge on any atom is -0.356 e. The SMILES string of the molecule is CN=C(NCCCN1CCc2ccccc2C1)NCCc1csc(C)n1.I. The van der Waals surface area contributed by atoms with Crippen molar-refractivity contribution in [2.75, 3.05) is 33.2 Å². The van der Waals surface area contributed by atoms with Crippen LogP contribution in [0.15, 0.2) is 34.6 Å². The Labute approximate surface area is 183 Å². The number of halogens is 1. The maximum atomic E-state index is 4.49. The van der Waals surface area contributed by atoms with E-state index in [1.54, 1.807) is 11.3 Å². The van der Waals surface area contributed by atoms with Crippen LogP contribution >= 0.6 is 35.3 Å². The van der Waals surface area contributed by atoms with Crippen molar-refractivity contribution in [2.24, 2.45) is 4.99 Å². The van der Waals surface area contributed by atoms with E-state index in [4.69, 9.17) is 0 Å². The molecule has 2 heterocycles. The molecule has 2 N–H and O–H groups in total. The Balaban J connectivity index is 0.00000261. The van der Waals surface area contributed by atoms with E-state index in [1.165, 1.54) is 17.5 Å². The number of thiazole rings is 1. The standard InChI is InChI=1S/C20H29N5S.HI/c1-16-24-19(15-26-16)8-11-23-20(21-2)22-10-5-12-25-13-9-17-6-3-4-7-18(17)14-25;/h3-4,6-7,15H,5,8-14H2,1-2H3,(H2,21,22,23);1H. The van der Waals surface area contributed by atoms with Gasteiger partial charge >= 0.3 is 0 Å². The number of aromatic nitrogens is 1. The van der Waals surface area contributed by atoms with Crippen LogP contribution in [0.1, 0.15) is 28.2 Å². The van der Waals surface area contributed by atoms with Crippen molar-refractivity contribution in [1.29, 1.82) is 0 Å². The van der Waals surface area contributed by atoms with Gasteiger partial charge in [-0.2, -0.15) is 0 Å². The van der Waals surface area contributed by atoms with Crippen LogP contribution in [-0.4, -0.2) is 49.1 Å². The minimum absolute atomic E-state index is 0. The molecular formula is C20H30IN5S. The first-order valence-corrected chi connectivity index (χ1v) is 10.3. The Morgan fingerprint density at radius 1 is 1.22 bits per heavy atom. The molecule has 1 aliphatic rings. The van der Waals surface area contributed by atoms with Crippen molar-refractivity contribution in [3.63, 3.8) is 0 Å². The van der Waals surface area contributed by atoms with Gasteiger partial charge in [-0.25, -0.2) is 4.98 Å². The number of guanidine groups is 1. The van der Waals surface area contributed by atoms with Crippen molar-refractivity contribution in [1.82, 2.24) is 20.5 Å². The minimum atomic E-state index is 0. The molecule has 1 aromatic heterocycles. The van der Waals surface area contributed by atoms with Crippen LogP contribution in [0.2, 0.25) is 0 Å². The molecule has 5 nitrogen and oxygen atoms in total. The molecule has 0 atom stereocenters. The second kappa shape index (κ2) is 11.6. The first kappa shape index (κ1) is 22.1. The lowest BCUT2D eigenvalue weighted by Gasteiger charge is -2.28. The zero-order valence-electron chi connectivity index (χ0n) is 16.2. The van der Waals surface area contributed by atoms with Crippen molar-refractivity contribution < 1.29 is 0 Å². The second-order valence-corrected chi connectivity index (χ2v) is 7.74. The molecule has 0 aliphatic carbocycles. The summed E-state index contributed by atoms with van der Waals surface area (Å²) in [5.41, 5.74) is 4.16. The molecule has 0 fully saturated rings. The quantitative estimate of drug-likeness (QED) is 0.266. The van der Waals surface area contributed by atoms with E-state index in [-0.39, 0.29) is 24.0 Å². The van der Waals surface area contributed by atoms with E-state index in [9.17, 15) is 0 Å². The summed E-state index contributed by atoms with van der Waals surface area (Å²) in [5.74, 6) is 0.876. The van der Waals surface area contributed by atoms with Crippen molar-refractivity contribution in [2.45, 2.75) is 32.7 Å². The molecule has 3 rings (SSSR count). The molecule has 0 bridgehead atoms. The number of benzene rings is 1. The lowest BCUT2D eigenvalue weighted by Crippen LogP contribution is -2.40.